The fraction of sp³-hybridized carbons (Fsp3) is 0.467. The minimum atomic E-state index is -0.883. The van der Waals surface area contributed by atoms with Crippen LogP contribution in [0.4, 0.5) is 5.69 Å². The second-order valence-corrected chi connectivity index (χ2v) is 5.31. The van der Waals surface area contributed by atoms with Crippen LogP contribution in [0.3, 0.4) is 0 Å². The molecule has 1 aliphatic rings. The van der Waals surface area contributed by atoms with Crippen LogP contribution in [0.15, 0.2) is 24.3 Å². The molecule has 0 unspecified atom stereocenters. The molecule has 5 heteroatoms. The third-order valence-corrected chi connectivity index (χ3v) is 3.25. The van der Waals surface area contributed by atoms with Gasteiger partial charge in [0, 0.05) is 18.7 Å². The lowest BCUT2D eigenvalue weighted by atomic mass is 10.0. The summed E-state index contributed by atoms with van der Waals surface area (Å²) in [4.78, 5) is 25.8. The van der Waals surface area contributed by atoms with Gasteiger partial charge in [0.2, 0.25) is 5.91 Å². The Morgan fingerprint density at radius 1 is 1.25 bits per heavy atom. The molecular weight excluding hydrogens is 256 g/mol. The first kappa shape index (κ1) is 14.4. The summed E-state index contributed by atoms with van der Waals surface area (Å²) in [6.07, 6.45) is 0.308. The molecule has 1 aromatic rings. The van der Waals surface area contributed by atoms with Gasteiger partial charge in [-0.15, -0.1) is 0 Å². The maximum Gasteiger partial charge on any atom is 0.252 e. The first-order valence-electron chi connectivity index (χ1n) is 6.80. The Morgan fingerprint density at radius 2 is 1.90 bits per heavy atom. The number of carbonyl (C=O) groups excluding carboxylic acids is 2. The van der Waals surface area contributed by atoms with Crippen molar-refractivity contribution in [3.8, 4) is 5.75 Å². The molecular formula is C15H20N2O3. The molecule has 1 fully saturated rings. The van der Waals surface area contributed by atoms with Gasteiger partial charge in [-0.05, 0) is 45.0 Å². The molecule has 2 rings (SSSR count). The molecule has 0 bridgehead atoms. The number of benzene rings is 1. The highest BCUT2D eigenvalue weighted by molar-refractivity contribution is 6.03. The summed E-state index contributed by atoms with van der Waals surface area (Å²) in [5.41, 5.74) is -0.102. The van der Waals surface area contributed by atoms with E-state index in [-0.39, 0.29) is 11.8 Å². The Morgan fingerprint density at radius 3 is 2.50 bits per heavy atom. The minimum absolute atomic E-state index is 0.100. The molecule has 1 saturated heterocycles. The van der Waals surface area contributed by atoms with Crippen molar-refractivity contribution in [2.45, 2.75) is 32.7 Å². The van der Waals surface area contributed by atoms with Gasteiger partial charge in [0.1, 0.15) is 11.3 Å². The molecule has 0 radical (unpaired) electrons. The number of hydrogen-bond acceptors (Lipinski definition) is 3. The molecule has 0 aliphatic carbocycles. The van der Waals surface area contributed by atoms with Gasteiger partial charge in [-0.3, -0.25) is 9.59 Å². The van der Waals surface area contributed by atoms with Crippen LogP contribution in [0.25, 0.3) is 0 Å². The molecule has 1 heterocycles. The number of nitrogens with zero attached hydrogens (tertiary/aromatic N) is 1. The van der Waals surface area contributed by atoms with E-state index in [1.54, 1.807) is 18.7 Å². The molecule has 1 aliphatic heterocycles. The zero-order chi connectivity index (χ0) is 14.8. The van der Waals surface area contributed by atoms with Crippen molar-refractivity contribution in [3.63, 3.8) is 0 Å². The van der Waals surface area contributed by atoms with Gasteiger partial charge in [-0.1, -0.05) is 0 Å². The van der Waals surface area contributed by atoms with E-state index >= 15 is 0 Å². The maximum atomic E-state index is 12.5. The summed E-state index contributed by atoms with van der Waals surface area (Å²) in [6.45, 7) is 6.36. The topological polar surface area (TPSA) is 58.6 Å². The van der Waals surface area contributed by atoms with Crippen LogP contribution in [0.5, 0.6) is 5.75 Å². The van der Waals surface area contributed by atoms with Gasteiger partial charge in [0.15, 0.2) is 0 Å². The van der Waals surface area contributed by atoms with Gasteiger partial charge in [-0.25, -0.2) is 0 Å². The minimum Gasteiger partial charge on any atom is -0.494 e. The lowest BCUT2D eigenvalue weighted by Gasteiger charge is -2.28. The summed E-state index contributed by atoms with van der Waals surface area (Å²) in [6, 6.07) is 7.35. The van der Waals surface area contributed by atoms with Crippen molar-refractivity contribution in [3.05, 3.63) is 24.3 Å². The Balaban J connectivity index is 2.25. The normalized spacial score (nSPS) is 18.4. The molecule has 2 amide bonds. The quantitative estimate of drug-likeness (QED) is 0.914. The number of rotatable bonds is 3. The Labute approximate surface area is 118 Å². The van der Waals surface area contributed by atoms with E-state index in [1.165, 1.54) is 0 Å². The predicted molar refractivity (Wildman–Crippen MR) is 76.8 cm³/mol. The van der Waals surface area contributed by atoms with E-state index in [9.17, 15) is 9.59 Å². The van der Waals surface area contributed by atoms with Crippen LogP contribution >= 0.6 is 0 Å². The first-order valence-corrected chi connectivity index (χ1v) is 6.80. The number of anilines is 1. The molecule has 20 heavy (non-hydrogen) atoms. The molecule has 5 nitrogen and oxygen atoms in total. The summed E-state index contributed by atoms with van der Waals surface area (Å²) in [5.74, 6) is 0.566. The van der Waals surface area contributed by atoms with E-state index in [2.05, 4.69) is 5.32 Å². The monoisotopic (exact) mass is 276 g/mol. The molecule has 0 aromatic heterocycles. The van der Waals surface area contributed by atoms with Crippen molar-refractivity contribution < 1.29 is 14.3 Å². The van der Waals surface area contributed by atoms with Crippen LogP contribution in [-0.4, -0.2) is 30.5 Å². The molecule has 0 atom stereocenters. The van der Waals surface area contributed by atoms with Crippen molar-refractivity contribution in [1.82, 2.24) is 5.32 Å². The van der Waals surface area contributed by atoms with Crippen LogP contribution in [0.2, 0.25) is 0 Å². The van der Waals surface area contributed by atoms with Crippen molar-refractivity contribution >= 4 is 17.5 Å². The van der Waals surface area contributed by atoms with Crippen molar-refractivity contribution in [1.29, 1.82) is 0 Å². The fourth-order valence-electron chi connectivity index (χ4n) is 2.25. The summed E-state index contributed by atoms with van der Waals surface area (Å²) < 4.78 is 5.39. The summed E-state index contributed by atoms with van der Waals surface area (Å²) in [7, 11) is 0. The smallest absolute Gasteiger partial charge is 0.252 e. The third kappa shape index (κ3) is 2.92. The summed E-state index contributed by atoms with van der Waals surface area (Å²) >= 11 is 0. The SMILES string of the molecule is CCOc1ccc(N2CCC(=O)NC(C)(C)C2=O)cc1. The van der Waals surface area contributed by atoms with Gasteiger partial charge in [0.05, 0.1) is 6.61 Å². The lowest BCUT2D eigenvalue weighted by Crippen LogP contribution is -2.53. The van der Waals surface area contributed by atoms with Crippen LogP contribution in [-0.2, 0) is 9.59 Å². The molecule has 1 aromatic carbocycles. The average molecular weight is 276 g/mol. The van der Waals surface area contributed by atoms with Crippen molar-refractivity contribution in [2.24, 2.45) is 0 Å². The van der Waals surface area contributed by atoms with E-state index in [0.717, 1.165) is 11.4 Å². The first-order chi connectivity index (χ1) is 9.44. The number of carbonyl (C=O) groups is 2. The van der Waals surface area contributed by atoms with Gasteiger partial charge < -0.3 is 15.0 Å². The van der Waals surface area contributed by atoms with E-state index in [0.29, 0.717) is 19.6 Å². The standard InChI is InChI=1S/C15H20N2O3/c1-4-20-12-7-5-11(6-8-12)17-10-9-13(18)16-15(2,3)14(17)19/h5-8H,4,9-10H2,1-3H3,(H,16,18). The molecule has 108 valence electrons. The van der Waals surface area contributed by atoms with Crippen molar-refractivity contribution in [2.75, 3.05) is 18.1 Å². The number of ether oxygens (including phenoxy) is 1. The number of amides is 2. The molecule has 0 spiro atoms. The average Bonchev–Trinajstić information content (AvgIpc) is 2.49. The zero-order valence-corrected chi connectivity index (χ0v) is 12.1. The largest absolute Gasteiger partial charge is 0.494 e. The Kier molecular flexibility index (Phi) is 3.97. The number of hydrogen-bond donors (Lipinski definition) is 1. The van der Waals surface area contributed by atoms with Gasteiger partial charge in [0.25, 0.3) is 5.91 Å². The van der Waals surface area contributed by atoms with E-state index in [1.807, 2.05) is 31.2 Å². The second kappa shape index (κ2) is 5.53. The zero-order valence-electron chi connectivity index (χ0n) is 12.1. The van der Waals surface area contributed by atoms with Crippen LogP contribution in [0.1, 0.15) is 27.2 Å². The Bertz CT molecular complexity index is 508. The molecule has 0 saturated carbocycles. The number of nitrogens with one attached hydrogen (secondary N) is 1. The highest BCUT2D eigenvalue weighted by Crippen LogP contribution is 2.24. The highest BCUT2D eigenvalue weighted by atomic mass is 16.5. The maximum absolute atomic E-state index is 12.5. The highest BCUT2D eigenvalue weighted by Gasteiger charge is 2.37. The van der Waals surface area contributed by atoms with E-state index in [4.69, 9.17) is 4.74 Å². The van der Waals surface area contributed by atoms with Crippen LogP contribution in [0, 0.1) is 0 Å². The van der Waals surface area contributed by atoms with Gasteiger partial charge >= 0.3 is 0 Å². The van der Waals surface area contributed by atoms with Gasteiger partial charge in [-0.2, -0.15) is 0 Å². The third-order valence-electron chi connectivity index (χ3n) is 3.25. The van der Waals surface area contributed by atoms with Crippen LogP contribution < -0.4 is 15.0 Å². The lowest BCUT2D eigenvalue weighted by molar-refractivity contribution is -0.128. The molecule has 1 N–H and O–H groups in total. The summed E-state index contributed by atoms with van der Waals surface area (Å²) in [5, 5.41) is 2.74. The van der Waals surface area contributed by atoms with E-state index < -0.39 is 5.54 Å². The fourth-order valence-corrected chi connectivity index (χ4v) is 2.25. The Hall–Kier alpha value is -2.04. The second-order valence-electron chi connectivity index (χ2n) is 5.31. The predicted octanol–water partition coefficient (Wildman–Crippen LogP) is 1.72.